The summed E-state index contributed by atoms with van der Waals surface area (Å²) in [4.78, 5) is 180. The van der Waals surface area contributed by atoms with Crippen molar-refractivity contribution in [1.82, 2.24) is 60.0 Å². The van der Waals surface area contributed by atoms with E-state index in [0.717, 1.165) is 4.90 Å². The van der Waals surface area contributed by atoms with Gasteiger partial charge in [-0.3, -0.25) is 52.7 Å². The minimum Gasteiger partial charge on any atom is -0.390 e. The Morgan fingerprint density at radius 3 is 1.39 bits per heavy atom. The number of aliphatic hydroxyl groups excluding tert-OH is 1. The lowest BCUT2D eigenvalue weighted by molar-refractivity contribution is -0.157. The van der Waals surface area contributed by atoms with Crippen LogP contribution in [0, 0.1) is 41.4 Å². The van der Waals surface area contributed by atoms with E-state index in [1.54, 1.807) is 47.6 Å². The molecule has 1 aliphatic rings. The zero-order chi connectivity index (χ0) is 75.2. The van der Waals surface area contributed by atoms with Gasteiger partial charge in [-0.05, 0) is 120 Å². The summed E-state index contributed by atoms with van der Waals surface area (Å²) in [5.41, 5.74) is 0.674. The van der Waals surface area contributed by atoms with Crippen LogP contribution < -0.4 is 16.0 Å². The van der Waals surface area contributed by atoms with Crippen molar-refractivity contribution in [3.63, 3.8) is 0 Å². The topological polar surface area (TPSA) is 273 Å². The number of benzene rings is 1. The molecule has 0 spiro atoms. The normalized spacial score (nSPS) is 25.8. The molecule has 1 fully saturated rings. The van der Waals surface area contributed by atoms with Gasteiger partial charge < -0.3 is 65.2 Å². The molecule has 25 heteroatoms. The zero-order valence-corrected chi connectivity index (χ0v) is 65.1. The average Bonchev–Trinajstić information content (AvgIpc) is 0.807. The van der Waals surface area contributed by atoms with Crippen LogP contribution in [-0.2, 0) is 59.3 Å². The highest BCUT2D eigenvalue weighted by Gasteiger charge is 2.48. The molecule has 13 atom stereocenters. The summed E-state index contributed by atoms with van der Waals surface area (Å²) in [5.74, 6) is -9.50. The van der Waals surface area contributed by atoms with Gasteiger partial charge in [0.25, 0.3) is 5.91 Å². The van der Waals surface area contributed by atoms with Crippen molar-refractivity contribution in [3.8, 4) is 0 Å². The fraction of sp³-hybridized carbons (Fsp3) is 0.740. The number of hydrogen-bond donors (Lipinski definition) is 4. The van der Waals surface area contributed by atoms with Gasteiger partial charge in [-0.25, -0.2) is 0 Å². The molecular formula is C73H126N12O12S. The Labute approximate surface area is 591 Å². The Hall–Kier alpha value is -6.60. The van der Waals surface area contributed by atoms with Crippen LogP contribution in [0.3, 0.4) is 0 Å². The van der Waals surface area contributed by atoms with Crippen molar-refractivity contribution in [2.75, 3.05) is 75.7 Å². The van der Waals surface area contributed by atoms with E-state index in [4.69, 9.17) is 0 Å². The third kappa shape index (κ3) is 24.3. The molecule has 98 heavy (non-hydrogen) atoms. The molecule has 11 amide bonds. The average molecular weight is 1400 g/mol. The van der Waals surface area contributed by atoms with Gasteiger partial charge in [-0.2, -0.15) is 0 Å². The molecule has 1 aliphatic heterocycles. The smallest absolute Gasteiger partial charge is 0.256 e. The van der Waals surface area contributed by atoms with E-state index in [-0.39, 0.29) is 62.3 Å². The van der Waals surface area contributed by atoms with Gasteiger partial charge in [0.05, 0.1) is 6.10 Å². The second-order valence-corrected chi connectivity index (χ2v) is 30.9. The molecule has 0 aromatic heterocycles. The van der Waals surface area contributed by atoms with E-state index in [2.05, 4.69) is 16.0 Å². The highest BCUT2D eigenvalue weighted by Crippen LogP contribution is 2.29. The first-order valence-corrected chi connectivity index (χ1v) is 36.2. The Morgan fingerprint density at radius 1 is 0.490 bits per heavy atom. The number of amides is 11. The van der Waals surface area contributed by atoms with E-state index in [0.29, 0.717) is 24.3 Å². The fourth-order valence-electron chi connectivity index (χ4n) is 12.5. The third-order valence-electron chi connectivity index (χ3n) is 18.5. The molecule has 0 bridgehead atoms. The predicted octanol–water partition coefficient (Wildman–Crippen LogP) is 5.80. The summed E-state index contributed by atoms with van der Waals surface area (Å²) >= 11 is 1.17. The summed E-state index contributed by atoms with van der Waals surface area (Å²) < 4.78 is 0. The first-order valence-electron chi connectivity index (χ1n) is 35.2. The molecule has 0 unspecified atom stereocenters. The van der Waals surface area contributed by atoms with Crippen LogP contribution >= 0.6 is 11.8 Å². The van der Waals surface area contributed by atoms with E-state index < -0.39 is 155 Å². The molecule has 0 aliphatic carbocycles. The third-order valence-corrected chi connectivity index (χ3v) is 19.7. The van der Waals surface area contributed by atoms with E-state index in [1.807, 2.05) is 118 Å². The van der Waals surface area contributed by atoms with Gasteiger partial charge in [0.1, 0.15) is 60.4 Å². The summed E-state index contributed by atoms with van der Waals surface area (Å²) in [6, 6.07) is -3.62. The molecule has 556 valence electrons. The Morgan fingerprint density at radius 2 is 0.918 bits per heavy atom. The fourth-order valence-corrected chi connectivity index (χ4v) is 13.8. The molecular weight excluding hydrogens is 1270 g/mol. The predicted molar refractivity (Wildman–Crippen MR) is 387 cm³/mol. The molecule has 0 radical (unpaired) electrons. The number of rotatable bonds is 21. The van der Waals surface area contributed by atoms with Crippen molar-refractivity contribution in [2.45, 2.75) is 235 Å². The number of carbonyl (C=O) groups excluding carboxylic acids is 11. The number of allylic oxidation sites excluding steroid dienone is 2. The summed E-state index contributed by atoms with van der Waals surface area (Å²) in [6.45, 7) is 30.7. The molecule has 1 saturated heterocycles. The van der Waals surface area contributed by atoms with Crippen molar-refractivity contribution in [3.05, 3.63) is 48.0 Å². The lowest BCUT2D eigenvalue weighted by Gasteiger charge is -2.42. The number of carbonyl (C=O) groups is 11. The maximum Gasteiger partial charge on any atom is 0.256 e. The van der Waals surface area contributed by atoms with Gasteiger partial charge in [0, 0.05) is 68.2 Å². The van der Waals surface area contributed by atoms with Crippen LogP contribution in [0.15, 0.2) is 42.5 Å². The minimum atomic E-state index is -1.65. The first kappa shape index (κ1) is 87.5. The van der Waals surface area contributed by atoms with E-state index in [1.165, 1.54) is 109 Å². The summed E-state index contributed by atoms with van der Waals surface area (Å²) in [5, 5.41) is 19.4. The van der Waals surface area contributed by atoms with Gasteiger partial charge in [0.2, 0.25) is 59.1 Å². The zero-order valence-electron chi connectivity index (χ0n) is 64.2. The highest BCUT2D eigenvalue weighted by molar-refractivity contribution is 8.00. The largest absolute Gasteiger partial charge is 0.390 e. The Balaban J connectivity index is 3.25. The SMILES string of the molecule is C/C=C/C[C@@H](C)[C@@H](O)[C@H]1C(=O)N[C@@H](CC)C(=O)N(C)[C@@H](SCCN(C)C)C(=O)N(C)[C@@H](CC(C)C)C(=O)N(Cc2ccccc2)[C@H](C(C)C)C(=O)N(C)[C@@H](CC(C)C)C(=O)N[C@@H](C)C(=O)N[C@H](C)C(=O)N(C)[C@@H](CC(C)C)C(=O)N(C)[C@@H](CC(C)C)C(=O)N(C)[C@@H](C(C)C)C(=O)N1C. The maximum absolute atomic E-state index is 16.0. The number of hydrogen-bond acceptors (Lipinski definition) is 14. The summed E-state index contributed by atoms with van der Waals surface area (Å²) in [7, 11) is 13.9. The second-order valence-electron chi connectivity index (χ2n) is 29.7. The lowest BCUT2D eigenvalue weighted by atomic mass is 9.91. The lowest BCUT2D eigenvalue weighted by Crippen LogP contribution is -2.64. The number of thioether (sulfide) groups is 1. The van der Waals surface area contributed by atoms with Gasteiger partial charge in [-0.15, -0.1) is 11.8 Å². The van der Waals surface area contributed by atoms with Gasteiger partial charge in [-0.1, -0.05) is 139 Å². The highest BCUT2D eigenvalue weighted by atomic mass is 32.2. The number of aliphatic hydroxyl groups is 1. The van der Waals surface area contributed by atoms with Crippen LogP contribution in [-0.4, -0.2) is 262 Å². The summed E-state index contributed by atoms with van der Waals surface area (Å²) in [6.07, 6.45) is 2.92. The molecule has 0 saturated carbocycles. The van der Waals surface area contributed by atoms with Crippen LogP contribution in [0.4, 0.5) is 0 Å². The Bertz CT molecular complexity index is 2840. The van der Waals surface area contributed by atoms with Crippen molar-refractivity contribution < 1.29 is 57.8 Å². The molecule has 24 nitrogen and oxygen atoms in total. The van der Waals surface area contributed by atoms with Gasteiger partial charge >= 0.3 is 0 Å². The van der Waals surface area contributed by atoms with E-state index in [9.17, 15) is 19.5 Å². The van der Waals surface area contributed by atoms with Crippen LogP contribution in [0.2, 0.25) is 0 Å². The molecule has 1 aromatic carbocycles. The molecule has 2 rings (SSSR count). The van der Waals surface area contributed by atoms with Crippen molar-refractivity contribution in [2.24, 2.45) is 41.4 Å². The quantitative estimate of drug-likeness (QED) is 0.106. The minimum absolute atomic E-state index is 0.00529. The van der Waals surface area contributed by atoms with E-state index >= 15 is 38.4 Å². The van der Waals surface area contributed by atoms with Gasteiger partial charge in [0.15, 0.2) is 5.37 Å². The van der Waals surface area contributed by atoms with Crippen molar-refractivity contribution in [1.29, 1.82) is 0 Å². The van der Waals surface area contributed by atoms with Crippen LogP contribution in [0.1, 0.15) is 162 Å². The monoisotopic (exact) mass is 1390 g/mol. The van der Waals surface area contributed by atoms with Crippen LogP contribution in [0.5, 0.6) is 0 Å². The van der Waals surface area contributed by atoms with Crippen molar-refractivity contribution >= 4 is 76.7 Å². The number of nitrogens with zero attached hydrogens (tertiary/aromatic N) is 9. The standard InChI is InChI=1S/C73H126N12O12S/c1-27-29-33-49(15)61(86)60-64(89)76-53(28-2)66(91)84(26)73(98-37-36-77(18)19)72(97)81(23)57(41-46(9)10)69(94)85(42-52-34-31-30-32-35-52)59(48(13)14)71(96)78(20)54(38-43(3)4)63(88)74-50(16)62(87)75-51(17)65(90)79(21)55(39-44(5)6)67(92)80(22)56(40-45(7)8)68(93)82(24)58(47(11)12)70(95)83(60)25/h27,29-32,34-35,43-51,53-61,73,86H,28,33,36-42H2,1-26H3,(H,74,88)(H,75,87)(H,76,89)/b29-27+/t49-,50+,51-,53+,54+,55+,56+,57+,58+,59-,60+,61-,73+/m1/s1. The second kappa shape index (κ2) is 40.6. The number of nitrogens with one attached hydrogen (secondary N) is 3. The first-order chi connectivity index (χ1) is 45.5. The molecule has 1 aromatic rings. The Kier molecular flexibility index (Phi) is 36.2. The van der Waals surface area contributed by atoms with Crippen LogP contribution in [0.25, 0.3) is 0 Å². The molecule has 1 heterocycles. The maximum atomic E-state index is 16.0. The number of likely N-dealkylation sites (N-methyl/N-ethyl adjacent to an activating group) is 7. The molecule has 4 N–H and O–H groups in total.